The Bertz CT molecular complexity index is 747. The van der Waals surface area contributed by atoms with Gasteiger partial charge in [-0.25, -0.2) is 4.98 Å². The second-order valence-electron chi connectivity index (χ2n) is 3.63. The molecule has 9 nitrogen and oxygen atoms in total. The van der Waals surface area contributed by atoms with Gasteiger partial charge in [-0.3, -0.25) is 30.3 Å². The van der Waals surface area contributed by atoms with Crippen molar-refractivity contribution in [3.05, 3.63) is 55.2 Å². The number of halogens is 1. The van der Waals surface area contributed by atoms with Gasteiger partial charge in [-0.1, -0.05) is 11.6 Å². The summed E-state index contributed by atoms with van der Waals surface area (Å²) in [5.41, 5.74) is -0.687. The van der Waals surface area contributed by atoms with Gasteiger partial charge < -0.3 is 0 Å². The van der Waals surface area contributed by atoms with E-state index in [4.69, 9.17) is 11.6 Å². The summed E-state index contributed by atoms with van der Waals surface area (Å²) >= 11 is 6.35. The number of carbonyl (C=O) groups is 1. The molecule has 1 aromatic heterocycles. The molecule has 21 heavy (non-hydrogen) atoms. The molecular formula is C10H5ClN4O5S. The number of nitro groups is 2. The number of nitro benzene ring substituents is 1. The van der Waals surface area contributed by atoms with E-state index < -0.39 is 21.4 Å². The number of thiazole rings is 1. The van der Waals surface area contributed by atoms with E-state index >= 15 is 0 Å². The molecule has 1 heterocycles. The lowest BCUT2D eigenvalue weighted by molar-refractivity contribution is -0.385. The van der Waals surface area contributed by atoms with Crippen molar-refractivity contribution in [2.75, 3.05) is 5.32 Å². The summed E-state index contributed by atoms with van der Waals surface area (Å²) in [5.74, 6) is -0.826. The third-order valence-electron chi connectivity index (χ3n) is 2.29. The van der Waals surface area contributed by atoms with Crippen molar-refractivity contribution < 1.29 is 14.6 Å². The highest BCUT2D eigenvalue weighted by Gasteiger charge is 2.22. The predicted molar refractivity (Wildman–Crippen MR) is 74.8 cm³/mol. The van der Waals surface area contributed by atoms with E-state index in [1.165, 1.54) is 6.07 Å². The summed E-state index contributed by atoms with van der Waals surface area (Å²) in [5, 5.41) is 23.5. The van der Waals surface area contributed by atoms with Crippen molar-refractivity contribution in [1.29, 1.82) is 0 Å². The van der Waals surface area contributed by atoms with E-state index in [1.807, 2.05) is 0 Å². The fourth-order valence-electron chi connectivity index (χ4n) is 1.42. The molecule has 2 rings (SSSR count). The van der Waals surface area contributed by atoms with Crippen LogP contribution in [0.2, 0.25) is 5.02 Å². The molecule has 0 saturated carbocycles. The molecule has 0 fully saturated rings. The molecule has 0 atom stereocenters. The number of aromatic nitrogens is 1. The second kappa shape index (κ2) is 5.81. The third kappa shape index (κ3) is 3.30. The van der Waals surface area contributed by atoms with Crippen LogP contribution in [0.3, 0.4) is 0 Å². The summed E-state index contributed by atoms with van der Waals surface area (Å²) in [7, 11) is 0. The Kier molecular flexibility index (Phi) is 4.10. The molecule has 11 heteroatoms. The quantitative estimate of drug-likeness (QED) is 0.678. The van der Waals surface area contributed by atoms with Crippen LogP contribution in [0.5, 0.6) is 0 Å². The third-order valence-corrected chi connectivity index (χ3v) is 3.39. The number of anilines is 1. The van der Waals surface area contributed by atoms with Gasteiger partial charge in [0.05, 0.1) is 9.85 Å². The molecular weight excluding hydrogens is 324 g/mol. The lowest BCUT2D eigenvalue weighted by Gasteiger charge is -2.03. The van der Waals surface area contributed by atoms with Crippen molar-refractivity contribution in [3.63, 3.8) is 0 Å². The zero-order valence-electron chi connectivity index (χ0n) is 9.98. The van der Waals surface area contributed by atoms with Crippen molar-refractivity contribution in [2.24, 2.45) is 0 Å². The fraction of sp³-hybridized carbons (Fsp3) is 0. The van der Waals surface area contributed by atoms with E-state index in [9.17, 15) is 25.0 Å². The highest BCUT2D eigenvalue weighted by Crippen LogP contribution is 2.27. The molecule has 0 bridgehead atoms. The van der Waals surface area contributed by atoms with Crippen LogP contribution in [0, 0.1) is 20.2 Å². The van der Waals surface area contributed by atoms with Crippen molar-refractivity contribution in [1.82, 2.24) is 4.98 Å². The zero-order valence-corrected chi connectivity index (χ0v) is 11.6. The molecule has 0 radical (unpaired) electrons. The molecule has 1 amide bonds. The van der Waals surface area contributed by atoms with Gasteiger partial charge >= 0.3 is 5.00 Å². The average Bonchev–Trinajstić information content (AvgIpc) is 2.86. The summed E-state index contributed by atoms with van der Waals surface area (Å²) in [6, 6.07) is 3.52. The van der Waals surface area contributed by atoms with Gasteiger partial charge in [-0.15, -0.1) is 0 Å². The monoisotopic (exact) mass is 328 g/mol. The van der Waals surface area contributed by atoms with Gasteiger partial charge in [0.15, 0.2) is 5.13 Å². The number of rotatable bonds is 4. The predicted octanol–water partition coefficient (Wildman–Crippen LogP) is 2.87. The maximum Gasteiger partial charge on any atom is 0.345 e. The first-order valence-corrected chi connectivity index (χ1v) is 6.43. The minimum Gasteiger partial charge on any atom is -0.297 e. The van der Waals surface area contributed by atoms with E-state index in [2.05, 4.69) is 10.3 Å². The molecule has 0 aliphatic rings. The Labute approximate surface area is 125 Å². The number of carbonyl (C=O) groups excluding carboxylic acids is 1. The maximum atomic E-state index is 12.0. The first-order chi connectivity index (χ1) is 9.88. The number of hydrogen-bond acceptors (Lipinski definition) is 7. The lowest BCUT2D eigenvalue weighted by atomic mass is 10.1. The number of benzene rings is 1. The van der Waals surface area contributed by atoms with Gasteiger partial charge in [0.1, 0.15) is 11.8 Å². The zero-order chi connectivity index (χ0) is 15.6. The maximum absolute atomic E-state index is 12.0. The van der Waals surface area contributed by atoms with E-state index in [-0.39, 0.29) is 20.7 Å². The van der Waals surface area contributed by atoms with Crippen LogP contribution in [0.4, 0.5) is 15.8 Å². The van der Waals surface area contributed by atoms with Crippen LogP contribution in [-0.4, -0.2) is 20.7 Å². The average molecular weight is 329 g/mol. The number of hydrogen-bond donors (Lipinski definition) is 1. The van der Waals surface area contributed by atoms with Gasteiger partial charge in [-0.05, 0) is 23.5 Å². The Morgan fingerprint density at radius 2 is 2.00 bits per heavy atom. The second-order valence-corrected chi connectivity index (χ2v) is 5.08. The smallest absolute Gasteiger partial charge is 0.297 e. The van der Waals surface area contributed by atoms with Crippen LogP contribution in [0.1, 0.15) is 10.4 Å². The summed E-state index contributed by atoms with van der Waals surface area (Å²) in [6.07, 6.45) is 0.979. The minimum atomic E-state index is -0.826. The van der Waals surface area contributed by atoms with Gasteiger partial charge in [0, 0.05) is 11.1 Å². The Hall–Kier alpha value is -2.59. The van der Waals surface area contributed by atoms with Crippen LogP contribution < -0.4 is 5.32 Å². The fourth-order valence-corrected chi connectivity index (χ4v) is 2.22. The molecule has 0 unspecified atom stereocenters. The Morgan fingerprint density at radius 1 is 1.29 bits per heavy atom. The Balaban J connectivity index is 2.29. The van der Waals surface area contributed by atoms with Crippen molar-refractivity contribution in [3.8, 4) is 0 Å². The molecule has 108 valence electrons. The van der Waals surface area contributed by atoms with E-state index in [1.54, 1.807) is 0 Å². The molecule has 0 aliphatic heterocycles. The van der Waals surface area contributed by atoms with E-state index in [0.717, 1.165) is 18.3 Å². The summed E-state index contributed by atoms with van der Waals surface area (Å²) < 4.78 is 0. The number of nitrogens with one attached hydrogen (secondary N) is 1. The molecule has 0 aliphatic carbocycles. The van der Waals surface area contributed by atoms with Gasteiger partial charge in [0.2, 0.25) is 0 Å². The van der Waals surface area contributed by atoms with Crippen molar-refractivity contribution >= 4 is 44.7 Å². The normalized spacial score (nSPS) is 10.1. The van der Waals surface area contributed by atoms with Crippen LogP contribution in [0.25, 0.3) is 0 Å². The van der Waals surface area contributed by atoms with Crippen LogP contribution >= 0.6 is 22.9 Å². The standard InChI is InChI=1S/C10H5ClN4O5S/c11-5-1-2-7(14(17)18)6(3-5)9(16)13-10-12-4-8(21-10)15(19)20/h1-4H,(H,12,13,16). The first kappa shape index (κ1) is 14.8. The van der Waals surface area contributed by atoms with Gasteiger partial charge in [-0.2, -0.15) is 0 Å². The Morgan fingerprint density at radius 3 is 2.57 bits per heavy atom. The summed E-state index contributed by atoms with van der Waals surface area (Å²) in [4.78, 5) is 35.6. The number of nitrogens with zero attached hydrogens (tertiary/aromatic N) is 3. The topological polar surface area (TPSA) is 128 Å². The molecule has 1 N–H and O–H groups in total. The van der Waals surface area contributed by atoms with Crippen LogP contribution in [0.15, 0.2) is 24.4 Å². The van der Waals surface area contributed by atoms with Gasteiger partial charge in [0.25, 0.3) is 11.6 Å². The molecule has 0 spiro atoms. The van der Waals surface area contributed by atoms with Crippen molar-refractivity contribution in [2.45, 2.75) is 0 Å². The van der Waals surface area contributed by atoms with Crippen LogP contribution in [-0.2, 0) is 0 Å². The number of amides is 1. The molecule has 0 saturated heterocycles. The molecule has 2 aromatic rings. The minimum absolute atomic E-state index is 0.0408. The molecule has 1 aromatic carbocycles. The SMILES string of the molecule is O=C(Nc1ncc([N+](=O)[O-])s1)c1cc(Cl)ccc1[N+](=O)[O-]. The largest absolute Gasteiger partial charge is 0.345 e. The van der Waals surface area contributed by atoms with E-state index in [0.29, 0.717) is 11.3 Å². The first-order valence-electron chi connectivity index (χ1n) is 5.24. The highest BCUT2D eigenvalue weighted by molar-refractivity contribution is 7.18. The highest BCUT2D eigenvalue weighted by atomic mass is 35.5. The lowest BCUT2D eigenvalue weighted by Crippen LogP contribution is -2.13. The summed E-state index contributed by atoms with van der Waals surface area (Å²) in [6.45, 7) is 0.